The number of carbonyl (C=O) groups is 1. The highest BCUT2D eigenvalue weighted by molar-refractivity contribution is 5.80. The van der Waals surface area contributed by atoms with Gasteiger partial charge in [-0.3, -0.25) is 9.48 Å². The SMILES string of the molecule is COc1ccc(OC)c([C@@H]2CCCN2C(=O)Cc2c(C)nn(C)c2C)c1. The van der Waals surface area contributed by atoms with Crippen LogP contribution in [0.1, 0.15) is 41.4 Å². The number of aromatic nitrogens is 2. The lowest BCUT2D eigenvalue weighted by Gasteiger charge is -2.27. The van der Waals surface area contributed by atoms with Gasteiger partial charge >= 0.3 is 0 Å². The van der Waals surface area contributed by atoms with Crippen molar-refractivity contribution in [2.24, 2.45) is 7.05 Å². The number of hydrogen-bond donors (Lipinski definition) is 0. The highest BCUT2D eigenvalue weighted by Gasteiger charge is 2.32. The van der Waals surface area contributed by atoms with Crippen molar-refractivity contribution in [1.82, 2.24) is 14.7 Å². The zero-order valence-corrected chi connectivity index (χ0v) is 16.2. The van der Waals surface area contributed by atoms with E-state index in [1.807, 2.05) is 48.7 Å². The zero-order chi connectivity index (χ0) is 18.8. The third-order valence-electron chi connectivity index (χ3n) is 5.36. The van der Waals surface area contributed by atoms with Gasteiger partial charge in [-0.1, -0.05) is 0 Å². The van der Waals surface area contributed by atoms with E-state index in [1.165, 1.54) is 0 Å². The van der Waals surface area contributed by atoms with Crippen LogP contribution in [0.5, 0.6) is 11.5 Å². The molecule has 140 valence electrons. The van der Waals surface area contributed by atoms with Crippen molar-refractivity contribution in [3.05, 3.63) is 40.7 Å². The Balaban J connectivity index is 1.87. The summed E-state index contributed by atoms with van der Waals surface area (Å²) in [6, 6.07) is 5.79. The summed E-state index contributed by atoms with van der Waals surface area (Å²) in [5.74, 6) is 1.71. The first-order valence-corrected chi connectivity index (χ1v) is 8.96. The quantitative estimate of drug-likeness (QED) is 0.825. The molecule has 2 heterocycles. The van der Waals surface area contributed by atoms with Crippen molar-refractivity contribution in [2.75, 3.05) is 20.8 Å². The molecule has 1 aliphatic heterocycles. The monoisotopic (exact) mass is 357 g/mol. The van der Waals surface area contributed by atoms with E-state index >= 15 is 0 Å². The molecule has 2 aromatic rings. The molecular formula is C20H27N3O3. The summed E-state index contributed by atoms with van der Waals surface area (Å²) < 4.78 is 12.7. The molecule has 0 bridgehead atoms. The maximum absolute atomic E-state index is 13.1. The average molecular weight is 357 g/mol. The van der Waals surface area contributed by atoms with Gasteiger partial charge in [-0.05, 0) is 44.9 Å². The molecule has 1 atom stereocenters. The standard InChI is InChI=1S/C20H27N3O3/c1-13-16(14(2)22(3)21-13)12-20(24)23-10-6-7-18(23)17-11-15(25-4)8-9-19(17)26-5/h8-9,11,18H,6-7,10,12H2,1-5H3/t18-/m0/s1. The lowest BCUT2D eigenvalue weighted by Crippen LogP contribution is -2.32. The van der Waals surface area contributed by atoms with Gasteiger partial charge in [0.2, 0.25) is 5.91 Å². The summed E-state index contributed by atoms with van der Waals surface area (Å²) in [6.45, 7) is 4.74. The summed E-state index contributed by atoms with van der Waals surface area (Å²) in [5, 5.41) is 4.43. The molecule has 26 heavy (non-hydrogen) atoms. The fourth-order valence-electron chi connectivity index (χ4n) is 3.81. The van der Waals surface area contributed by atoms with Crippen molar-refractivity contribution in [2.45, 2.75) is 39.2 Å². The highest BCUT2D eigenvalue weighted by Crippen LogP contribution is 2.39. The molecule has 3 rings (SSSR count). The number of methoxy groups -OCH3 is 2. The second kappa shape index (κ2) is 7.40. The molecule has 6 heteroatoms. The summed E-state index contributed by atoms with van der Waals surface area (Å²) in [5.41, 5.74) is 4.01. The topological polar surface area (TPSA) is 56.6 Å². The van der Waals surface area contributed by atoms with Gasteiger partial charge in [0.1, 0.15) is 11.5 Å². The Morgan fingerprint density at radius 2 is 2.04 bits per heavy atom. The molecule has 0 N–H and O–H groups in total. The smallest absolute Gasteiger partial charge is 0.227 e. The molecule has 1 aliphatic rings. The van der Waals surface area contributed by atoms with E-state index in [9.17, 15) is 4.79 Å². The van der Waals surface area contributed by atoms with Crippen LogP contribution >= 0.6 is 0 Å². The lowest BCUT2D eigenvalue weighted by molar-refractivity contribution is -0.131. The molecule has 0 unspecified atom stereocenters. The Morgan fingerprint density at radius 3 is 2.65 bits per heavy atom. The van der Waals surface area contributed by atoms with Crippen LogP contribution in [-0.4, -0.2) is 41.4 Å². The number of hydrogen-bond acceptors (Lipinski definition) is 4. The van der Waals surface area contributed by atoms with Crippen LogP contribution in [0.15, 0.2) is 18.2 Å². The van der Waals surface area contributed by atoms with Crippen LogP contribution in [0.25, 0.3) is 0 Å². The molecule has 1 aromatic carbocycles. The maximum Gasteiger partial charge on any atom is 0.227 e. The average Bonchev–Trinajstić information content (AvgIpc) is 3.22. The highest BCUT2D eigenvalue weighted by atomic mass is 16.5. The van der Waals surface area contributed by atoms with Gasteiger partial charge in [0.05, 0.1) is 32.4 Å². The largest absolute Gasteiger partial charge is 0.497 e. The van der Waals surface area contributed by atoms with E-state index in [2.05, 4.69) is 5.10 Å². The molecule has 1 saturated heterocycles. The number of aryl methyl sites for hydroxylation is 2. The fourth-order valence-corrected chi connectivity index (χ4v) is 3.81. The summed E-state index contributed by atoms with van der Waals surface area (Å²) >= 11 is 0. The molecule has 1 aromatic heterocycles. The maximum atomic E-state index is 13.1. The second-order valence-corrected chi connectivity index (χ2v) is 6.80. The van der Waals surface area contributed by atoms with Crippen LogP contribution in [0.3, 0.4) is 0 Å². The minimum Gasteiger partial charge on any atom is -0.497 e. The van der Waals surface area contributed by atoms with Gasteiger partial charge in [0.15, 0.2) is 0 Å². The Labute approximate surface area is 154 Å². The van der Waals surface area contributed by atoms with Crippen molar-refractivity contribution in [1.29, 1.82) is 0 Å². The second-order valence-electron chi connectivity index (χ2n) is 6.80. The predicted molar refractivity (Wildman–Crippen MR) is 99.6 cm³/mol. The van der Waals surface area contributed by atoms with E-state index in [-0.39, 0.29) is 11.9 Å². The van der Waals surface area contributed by atoms with Crippen molar-refractivity contribution in [3.63, 3.8) is 0 Å². The Morgan fingerprint density at radius 1 is 1.27 bits per heavy atom. The lowest BCUT2D eigenvalue weighted by atomic mass is 10.0. The number of nitrogens with zero attached hydrogens (tertiary/aromatic N) is 3. The molecule has 0 spiro atoms. The predicted octanol–water partition coefficient (Wildman–Crippen LogP) is 2.96. The first-order chi connectivity index (χ1) is 12.5. The minimum absolute atomic E-state index is 0.0184. The normalized spacial score (nSPS) is 16.8. The first kappa shape index (κ1) is 18.3. The third kappa shape index (κ3) is 3.28. The zero-order valence-electron chi connectivity index (χ0n) is 16.2. The van der Waals surface area contributed by atoms with Crippen molar-refractivity contribution >= 4 is 5.91 Å². The Bertz CT molecular complexity index is 813. The molecular weight excluding hydrogens is 330 g/mol. The van der Waals surface area contributed by atoms with Gasteiger partial charge in [0, 0.05) is 30.4 Å². The van der Waals surface area contributed by atoms with Crippen molar-refractivity contribution < 1.29 is 14.3 Å². The van der Waals surface area contributed by atoms with Crippen LogP contribution in [0.2, 0.25) is 0 Å². The molecule has 1 amide bonds. The number of ether oxygens (including phenoxy) is 2. The van der Waals surface area contributed by atoms with Gasteiger partial charge < -0.3 is 14.4 Å². The van der Waals surface area contributed by atoms with E-state index in [4.69, 9.17) is 9.47 Å². The van der Waals surface area contributed by atoms with E-state index in [1.54, 1.807) is 14.2 Å². The summed E-state index contributed by atoms with van der Waals surface area (Å²) in [4.78, 5) is 15.1. The minimum atomic E-state index is 0.0184. The van der Waals surface area contributed by atoms with Crippen LogP contribution < -0.4 is 9.47 Å². The van der Waals surface area contributed by atoms with Gasteiger partial charge in [-0.2, -0.15) is 5.10 Å². The van der Waals surface area contributed by atoms with E-state index < -0.39 is 0 Å². The fraction of sp³-hybridized carbons (Fsp3) is 0.500. The molecule has 0 saturated carbocycles. The number of likely N-dealkylation sites (tertiary alicyclic amines) is 1. The van der Waals surface area contributed by atoms with Crippen LogP contribution in [-0.2, 0) is 18.3 Å². The molecule has 1 fully saturated rings. The first-order valence-electron chi connectivity index (χ1n) is 8.96. The van der Waals surface area contributed by atoms with Gasteiger partial charge in [-0.15, -0.1) is 0 Å². The van der Waals surface area contributed by atoms with Crippen LogP contribution in [0.4, 0.5) is 0 Å². The summed E-state index contributed by atoms with van der Waals surface area (Å²) in [7, 11) is 5.22. The van der Waals surface area contributed by atoms with Crippen LogP contribution in [0, 0.1) is 13.8 Å². The van der Waals surface area contributed by atoms with E-state index in [0.717, 1.165) is 53.4 Å². The Kier molecular flexibility index (Phi) is 5.20. The summed E-state index contributed by atoms with van der Waals surface area (Å²) in [6.07, 6.45) is 2.30. The Hall–Kier alpha value is -2.50. The number of benzene rings is 1. The number of carbonyl (C=O) groups excluding carboxylic acids is 1. The van der Waals surface area contributed by atoms with E-state index in [0.29, 0.717) is 6.42 Å². The number of amides is 1. The third-order valence-corrected chi connectivity index (χ3v) is 5.36. The van der Waals surface area contributed by atoms with Gasteiger partial charge in [0.25, 0.3) is 0 Å². The van der Waals surface area contributed by atoms with Gasteiger partial charge in [-0.25, -0.2) is 0 Å². The molecule has 0 radical (unpaired) electrons. The molecule has 0 aliphatic carbocycles. The molecule has 6 nitrogen and oxygen atoms in total. The van der Waals surface area contributed by atoms with Crippen molar-refractivity contribution in [3.8, 4) is 11.5 Å². The number of rotatable bonds is 5.